The van der Waals surface area contributed by atoms with E-state index in [0.29, 0.717) is 14.9 Å². The Balaban J connectivity index is 1.92. The molecule has 2 aromatic carbocycles. The number of rotatable bonds is 4. The van der Waals surface area contributed by atoms with Crippen molar-refractivity contribution in [1.29, 1.82) is 0 Å². The summed E-state index contributed by atoms with van der Waals surface area (Å²) >= 11 is 3.46. The minimum atomic E-state index is -1.36. The van der Waals surface area contributed by atoms with Gasteiger partial charge in [0.2, 0.25) is 0 Å². The van der Waals surface area contributed by atoms with Crippen LogP contribution in [0.15, 0.2) is 40.9 Å². The molecule has 1 heterocycles. The number of amides is 4. The number of urea groups is 1. The van der Waals surface area contributed by atoms with Crippen molar-refractivity contribution in [2.75, 3.05) is 6.54 Å². The maximum atomic E-state index is 12.2. The minimum Gasteiger partial charge on any atom is -0.480 e. The van der Waals surface area contributed by atoms with Crippen molar-refractivity contribution in [1.82, 2.24) is 9.80 Å². The Morgan fingerprint density at radius 3 is 2.38 bits per heavy atom. The maximum absolute atomic E-state index is 12.2. The van der Waals surface area contributed by atoms with Crippen LogP contribution in [0.4, 0.5) is 4.79 Å². The highest BCUT2D eigenvalue weighted by Crippen LogP contribution is 2.29. The molecule has 7 nitrogen and oxygen atoms in total. The number of imide groups is 2. The molecule has 0 atom stereocenters. The second-order valence-corrected chi connectivity index (χ2v) is 6.01. The average molecular weight is 391 g/mol. The van der Waals surface area contributed by atoms with Gasteiger partial charge in [0, 0.05) is 4.47 Å². The highest BCUT2D eigenvalue weighted by Gasteiger charge is 2.45. The van der Waals surface area contributed by atoms with Gasteiger partial charge in [-0.25, -0.2) is 9.69 Å². The van der Waals surface area contributed by atoms with Gasteiger partial charge in [-0.1, -0.05) is 36.4 Å². The molecule has 0 aliphatic carbocycles. The van der Waals surface area contributed by atoms with Crippen LogP contribution >= 0.6 is 15.9 Å². The van der Waals surface area contributed by atoms with Gasteiger partial charge in [0.1, 0.15) is 6.54 Å². The summed E-state index contributed by atoms with van der Waals surface area (Å²) < 4.78 is 0.713. The normalized spacial score (nSPS) is 14.8. The van der Waals surface area contributed by atoms with Gasteiger partial charge in [-0.2, -0.15) is 0 Å². The van der Waals surface area contributed by atoms with E-state index in [1.807, 2.05) is 30.3 Å². The summed E-state index contributed by atoms with van der Waals surface area (Å²) in [5, 5.41) is 10.6. The smallest absolute Gasteiger partial charge is 0.335 e. The molecule has 1 aliphatic rings. The molecule has 24 heavy (non-hydrogen) atoms. The van der Waals surface area contributed by atoms with Gasteiger partial charge in [0.05, 0.1) is 6.54 Å². The molecule has 1 aliphatic heterocycles. The van der Waals surface area contributed by atoms with Crippen molar-refractivity contribution in [3.63, 3.8) is 0 Å². The first-order chi connectivity index (χ1) is 11.4. The van der Waals surface area contributed by atoms with Gasteiger partial charge in [0.25, 0.3) is 0 Å². The zero-order chi connectivity index (χ0) is 17.4. The monoisotopic (exact) mass is 390 g/mol. The first-order valence-corrected chi connectivity index (χ1v) is 7.74. The van der Waals surface area contributed by atoms with Crippen LogP contribution in [-0.2, 0) is 20.9 Å². The number of halogens is 1. The third-order valence-electron chi connectivity index (χ3n) is 3.70. The van der Waals surface area contributed by atoms with E-state index in [0.717, 1.165) is 15.7 Å². The number of carbonyl (C=O) groups is 4. The summed E-state index contributed by atoms with van der Waals surface area (Å²) in [4.78, 5) is 47.9. The van der Waals surface area contributed by atoms with Crippen LogP contribution < -0.4 is 0 Å². The summed E-state index contributed by atoms with van der Waals surface area (Å²) in [5.74, 6) is -3.51. The number of aliphatic carboxylic acids is 1. The predicted molar refractivity (Wildman–Crippen MR) is 86.9 cm³/mol. The zero-order valence-electron chi connectivity index (χ0n) is 12.2. The molecule has 1 N–H and O–H groups in total. The molecular weight excluding hydrogens is 380 g/mol. The third kappa shape index (κ3) is 2.65. The topological polar surface area (TPSA) is 95.0 Å². The molecule has 122 valence electrons. The van der Waals surface area contributed by atoms with Crippen LogP contribution in [0.1, 0.15) is 5.56 Å². The minimum absolute atomic E-state index is 0.120. The van der Waals surface area contributed by atoms with Crippen LogP contribution in [0.5, 0.6) is 0 Å². The Bertz CT molecular complexity index is 895. The fourth-order valence-corrected chi connectivity index (χ4v) is 3.15. The lowest BCUT2D eigenvalue weighted by atomic mass is 10.1. The number of benzene rings is 2. The standard InChI is InChI=1S/C16H11BrN2O5/c17-13-10(6-5-9-3-1-2-4-11(9)13)7-18-14(22)15(23)19(16(18)24)8-12(20)21/h1-6H,7-8H2,(H,20,21). The SMILES string of the molecule is O=C(O)CN1C(=O)C(=O)N(Cc2ccc3ccccc3c2Br)C1=O. The lowest BCUT2D eigenvalue weighted by Crippen LogP contribution is -2.36. The quantitative estimate of drug-likeness (QED) is 0.635. The van der Waals surface area contributed by atoms with Gasteiger partial charge in [0.15, 0.2) is 0 Å². The summed E-state index contributed by atoms with van der Waals surface area (Å²) in [5.41, 5.74) is 0.639. The van der Waals surface area contributed by atoms with Gasteiger partial charge >= 0.3 is 23.8 Å². The molecule has 0 saturated carbocycles. The molecule has 0 bridgehead atoms. The first kappa shape index (κ1) is 16.1. The second kappa shape index (κ2) is 6.04. The van der Waals surface area contributed by atoms with Crippen molar-refractivity contribution in [3.8, 4) is 0 Å². The number of carboxylic acids is 1. The molecule has 3 rings (SSSR count). The maximum Gasteiger partial charge on any atom is 0.335 e. The van der Waals surface area contributed by atoms with Crippen molar-refractivity contribution >= 4 is 50.5 Å². The van der Waals surface area contributed by atoms with E-state index in [-0.39, 0.29) is 6.54 Å². The predicted octanol–water partition coefficient (Wildman–Crippen LogP) is 1.98. The summed E-state index contributed by atoms with van der Waals surface area (Å²) in [6.45, 7) is -0.955. The van der Waals surface area contributed by atoms with Crippen LogP contribution in [0.2, 0.25) is 0 Å². The zero-order valence-corrected chi connectivity index (χ0v) is 13.8. The van der Waals surface area contributed by atoms with Gasteiger partial charge in [-0.15, -0.1) is 0 Å². The molecule has 0 unspecified atom stereocenters. The molecule has 8 heteroatoms. The van der Waals surface area contributed by atoms with Crippen LogP contribution in [0, 0.1) is 0 Å². The van der Waals surface area contributed by atoms with Crippen LogP contribution in [0.3, 0.4) is 0 Å². The number of fused-ring (bicyclic) bond motifs is 1. The molecular formula is C16H11BrN2O5. The van der Waals surface area contributed by atoms with Gasteiger partial charge in [-0.05, 0) is 32.3 Å². The highest BCUT2D eigenvalue weighted by atomic mass is 79.9. The van der Waals surface area contributed by atoms with E-state index in [1.165, 1.54) is 0 Å². The fraction of sp³-hybridized carbons (Fsp3) is 0.125. The number of hydrogen-bond acceptors (Lipinski definition) is 4. The lowest BCUT2D eigenvalue weighted by molar-refractivity contribution is -0.146. The Kier molecular flexibility index (Phi) is 4.06. The van der Waals surface area contributed by atoms with E-state index in [1.54, 1.807) is 6.07 Å². The fourth-order valence-electron chi connectivity index (χ4n) is 2.54. The average Bonchev–Trinajstić information content (AvgIpc) is 2.75. The molecule has 0 spiro atoms. The van der Waals surface area contributed by atoms with Gasteiger partial charge in [-0.3, -0.25) is 19.3 Å². The largest absolute Gasteiger partial charge is 0.480 e. The molecule has 2 aromatic rings. The molecule has 0 radical (unpaired) electrons. The van der Waals surface area contributed by atoms with Gasteiger partial charge < -0.3 is 5.11 Å². The van der Waals surface area contributed by atoms with E-state index in [2.05, 4.69) is 15.9 Å². The Morgan fingerprint density at radius 2 is 1.67 bits per heavy atom. The van der Waals surface area contributed by atoms with Crippen molar-refractivity contribution < 1.29 is 24.3 Å². The van der Waals surface area contributed by atoms with E-state index >= 15 is 0 Å². The molecule has 4 amide bonds. The lowest BCUT2D eigenvalue weighted by Gasteiger charge is -2.16. The van der Waals surface area contributed by atoms with E-state index in [9.17, 15) is 19.2 Å². The summed E-state index contributed by atoms with van der Waals surface area (Å²) in [7, 11) is 0. The van der Waals surface area contributed by atoms with E-state index in [4.69, 9.17) is 5.11 Å². The molecule has 1 saturated heterocycles. The van der Waals surface area contributed by atoms with Crippen molar-refractivity contribution in [2.45, 2.75) is 6.54 Å². The number of carbonyl (C=O) groups excluding carboxylic acids is 3. The van der Waals surface area contributed by atoms with Crippen LogP contribution in [-0.4, -0.2) is 45.3 Å². The third-order valence-corrected chi connectivity index (χ3v) is 4.64. The molecule has 0 aromatic heterocycles. The second-order valence-electron chi connectivity index (χ2n) is 5.22. The number of hydrogen-bond donors (Lipinski definition) is 1. The Labute approximate surface area is 144 Å². The van der Waals surface area contributed by atoms with Crippen molar-refractivity contribution in [2.24, 2.45) is 0 Å². The Hall–Kier alpha value is -2.74. The summed E-state index contributed by atoms with van der Waals surface area (Å²) in [6, 6.07) is 10.2. The molecule has 1 fully saturated rings. The highest BCUT2D eigenvalue weighted by molar-refractivity contribution is 9.10. The number of nitrogens with zero attached hydrogens (tertiary/aromatic N) is 2. The van der Waals surface area contributed by atoms with E-state index < -0.39 is 30.4 Å². The Morgan fingerprint density at radius 1 is 1.00 bits per heavy atom. The first-order valence-electron chi connectivity index (χ1n) is 6.95. The van der Waals surface area contributed by atoms with Crippen molar-refractivity contribution in [3.05, 3.63) is 46.4 Å². The van der Waals surface area contributed by atoms with Crippen LogP contribution in [0.25, 0.3) is 10.8 Å². The number of carboxylic acid groups (broad SMARTS) is 1. The summed E-state index contributed by atoms with van der Waals surface area (Å²) in [6.07, 6.45) is 0.